The highest BCUT2D eigenvalue weighted by atomic mass is 79.9. The molecule has 0 spiro atoms. The van der Waals surface area contributed by atoms with Gasteiger partial charge in [0.1, 0.15) is 7.85 Å². The van der Waals surface area contributed by atoms with Crippen molar-refractivity contribution >= 4 is 51.6 Å². The predicted molar refractivity (Wildman–Crippen MR) is 141 cm³/mol. The van der Waals surface area contributed by atoms with E-state index in [1.165, 1.54) is 32.9 Å². The van der Waals surface area contributed by atoms with Crippen LogP contribution in [-0.2, 0) is 0 Å². The van der Waals surface area contributed by atoms with Gasteiger partial charge in [0.05, 0.1) is 0 Å². The molecule has 5 aromatic carbocycles. The van der Waals surface area contributed by atoms with Crippen molar-refractivity contribution in [2.45, 2.75) is 0 Å². The van der Waals surface area contributed by atoms with Crippen LogP contribution in [0.2, 0.25) is 5.02 Å². The lowest BCUT2D eigenvalue weighted by atomic mass is 9.85. The Balaban J connectivity index is 1.79. The van der Waals surface area contributed by atoms with E-state index in [4.69, 9.17) is 11.6 Å². The van der Waals surface area contributed by atoms with E-state index >= 15 is 0 Å². The summed E-state index contributed by atoms with van der Waals surface area (Å²) in [5.41, 5.74) is 8.15. The fourth-order valence-electron chi connectivity index (χ4n) is 4.14. The van der Waals surface area contributed by atoms with Crippen LogP contribution in [0.5, 0.6) is 0 Å². The molecule has 0 aliphatic heterocycles. The molecule has 5 rings (SSSR count). The number of fused-ring (bicyclic) bond motifs is 1. The summed E-state index contributed by atoms with van der Waals surface area (Å²) >= 11 is 10.5. The number of rotatable bonds is 3. The first-order valence-corrected chi connectivity index (χ1v) is 11.4. The van der Waals surface area contributed by atoms with Gasteiger partial charge >= 0.3 is 0 Å². The van der Waals surface area contributed by atoms with E-state index in [0.717, 1.165) is 26.2 Å². The largest absolute Gasteiger partial charge is 0.140 e. The molecule has 0 unspecified atom stereocenters. The van der Waals surface area contributed by atoms with Gasteiger partial charge in [-0.1, -0.05) is 95.9 Å². The molecule has 31 heavy (non-hydrogen) atoms. The van der Waals surface area contributed by atoms with Gasteiger partial charge in [-0.15, -0.1) is 0 Å². The molecule has 0 saturated carbocycles. The van der Waals surface area contributed by atoms with E-state index in [-0.39, 0.29) is 0 Å². The molecular weight excluding hydrogens is 462 g/mol. The highest BCUT2D eigenvalue weighted by Gasteiger charge is 2.13. The lowest BCUT2D eigenvalue weighted by Gasteiger charge is -2.15. The fourth-order valence-corrected chi connectivity index (χ4v) is 5.11. The number of hydrogen-bond acceptors (Lipinski definition) is 0. The maximum absolute atomic E-state index is 6.59. The molecule has 0 saturated heterocycles. The Kier molecular flexibility index (Phi) is 5.44. The van der Waals surface area contributed by atoms with E-state index in [1.54, 1.807) is 0 Å². The zero-order valence-corrected chi connectivity index (χ0v) is 19.4. The molecule has 0 aromatic heterocycles. The first kappa shape index (κ1) is 20.1. The molecule has 0 radical (unpaired) electrons. The van der Waals surface area contributed by atoms with Gasteiger partial charge in [0.25, 0.3) is 0 Å². The molecule has 0 fully saturated rings. The minimum atomic E-state index is 0.757. The van der Waals surface area contributed by atoms with Crippen LogP contribution in [0.1, 0.15) is 0 Å². The monoisotopic (exact) mass is 480 g/mol. The van der Waals surface area contributed by atoms with Crippen molar-refractivity contribution in [2.24, 2.45) is 0 Å². The highest BCUT2D eigenvalue weighted by molar-refractivity contribution is 9.10. The van der Waals surface area contributed by atoms with E-state index in [2.05, 4.69) is 109 Å². The first-order valence-electron chi connectivity index (χ1n) is 10.3. The summed E-state index contributed by atoms with van der Waals surface area (Å²) < 4.78 is 1.11. The summed E-state index contributed by atoms with van der Waals surface area (Å²) in [5.74, 6) is 0. The molecule has 0 bridgehead atoms. The quantitative estimate of drug-likeness (QED) is 0.234. The Bertz CT molecular complexity index is 1360. The maximum Gasteiger partial charge on any atom is 0.140 e. The van der Waals surface area contributed by atoms with Crippen molar-refractivity contribution in [3.05, 3.63) is 113 Å². The Morgan fingerprint density at radius 1 is 0.581 bits per heavy atom. The minimum absolute atomic E-state index is 0.757. The fraction of sp³-hybridized carbons (Fsp3) is 0. The molecule has 3 heteroatoms. The van der Waals surface area contributed by atoms with Gasteiger partial charge in [0.2, 0.25) is 0 Å². The van der Waals surface area contributed by atoms with Gasteiger partial charge in [-0.3, -0.25) is 0 Å². The molecule has 0 heterocycles. The van der Waals surface area contributed by atoms with Crippen molar-refractivity contribution in [3.8, 4) is 33.4 Å². The second-order valence-corrected chi connectivity index (χ2v) is 8.94. The van der Waals surface area contributed by atoms with Crippen LogP contribution in [0.3, 0.4) is 0 Å². The summed E-state index contributed by atoms with van der Waals surface area (Å²) in [7, 11) is 2.16. The molecule has 0 atom stereocenters. The average molecular weight is 482 g/mol. The summed E-state index contributed by atoms with van der Waals surface area (Å²) in [5, 5.41) is 3.19. The Hall–Kier alpha value is -2.81. The Morgan fingerprint density at radius 3 is 1.90 bits per heavy atom. The smallest absolute Gasteiger partial charge is 0.0837 e. The third kappa shape index (κ3) is 3.82. The zero-order chi connectivity index (χ0) is 21.4. The van der Waals surface area contributed by atoms with Crippen LogP contribution in [0.15, 0.2) is 108 Å². The van der Waals surface area contributed by atoms with Gasteiger partial charge < -0.3 is 0 Å². The number of halogens is 2. The van der Waals surface area contributed by atoms with Crippen molar-refractivity contribution in [2.75, 3.05) is 0 Å². The predicted octanol–water partition coefficient (Wildman–Crippen LogP) is 7.52. The van der Waals surface area contributed by atoms with Gasteiger partial charge in [-0.2, -0.15) is 0 Å². The highest BCUT2D eigenvalue weighted by Crippen LogP contribution is 2.39. The normalized spacial score (nSPS) is 11.0. The van der Waals surface area contributed by atoms with Gasteiger partial charge in [-0.05, 0) is 78.8 Å². The summed E-state index contributed by atoms with van der Waals surface area (Å²) in [4.78, 5) is 0. The van der Waals surface area contributed by atoms with Crippen molar-refractivity contribution in [3.63, 3.8) is 0 Å². The topological polar surface area (TPSA) is 0 Å². The molecule has 0 amide bonds. The van der Waals surface area contributed by atoms with Crippen LogP contribution in [0.25, 0.3) is 44.2 Å². The Labute approximate surface area is 197 Å². The molecular formula is C28H19BBrCl. The lowest BCUT2D eigenvalue weighted by molar-refractivity contribution is 1.57. The third-order valence-corrected chi connectivity index (χ3v) is 6.93. The zero-order valence-electron chi connectivity index (χ0n) is 17.1. The summed E-state index contributed by atoms with van der Waals surface area (Å²) in [6, 6.07) is 36.1. The number of hydrogen-bond donors (Lipinski definition) is 0. The van der Waals surface area contributed by atoms with Gasteiger partial charge in [0, 0.05) is 15.1 Å². The average Bonchev–Trinajstić information content (AvgIpc) is 2.80. The first-order chi connectivity index (χ1) is 15.1. The standard InChI is InChI=1S/C28H19BBrCl/c29-26-11-5-3-8-22(26)19-15-20(23-9-4-6-12-27(23)31)17-21(16-19)25-14-13-18-7-1-2-10-24(18)28(25)30/h1-17H,29H2. The summed E-state index contributed by atoms with van der Waals surface area (Å²) in [6.45, 7) is 0. The molecule has 0 N–H and O–H groups in total. The molecule has 0 aliphatic rings. The molecule has 0 aliphatic carbocycles. The molecule has 148 valence electrons. The van der Waals surface area contributed by atoms with Crippen molar-refractivity contribution in [1.29, 1.82) is 0 Å². The van der Waals surface area contributed by atoms with Crippen LogP contribution >= 0.6 is 27.5 Å². The van der Waals surface area contributed by atoms with E-state index in [1.807, 2.05) is 18.2 Å². The second kappa shape index (κ2) is 8.38. The van der Waals surface area contributed by atoms with Crippen LogP contribution < -0.4 is 5.46 Å². The van der Waals surface area contributed by atoms with Gasteiger partial charge in [0.15, 0.2) is 0 Å². The Morgan fingerprint density at radius 2 is 1.16 bits per heavy atom. The van der Waals surface area contributed by atoms with Crippen molar-refractivity contribution in [1.82, 2.24) is 0 Å². The summed E-state index contributed by atoms with van der Waals surface area (Å²) in [6.07, 6.45) is 0. The van der Waals surface area contributed by atoms with E-state index in [0.29, 0.717) is 0 Å². The van der Waals surface area contributed by atoms with E-state index in [9.17, 15) is 0 Å². The van der Waals surface area contributed by atoms with Gasteiger partial charge in [-0.25, -0.2) is 0 Å². The SMILES string of the molecule is Bc1ccccc1-c1cc(-c2ccccc2Cl)cc(-c2ccc3ccccc3c2Br)c1. The van der Waals surface area contributed by atoms with Crippen molar-refractivity contribution < 1.29 is 0 Å². The molecule has 5 aromatic rings. The van der Waals surface area contributed by atoms with E-state index < -0.39 is 0 Å². The maximum atomic E-state index is 6.59. The second-order valence-electron chi connectivity index (χ2n) is 7.74. The lowest BCUT2D eigenvalue weighted by Crippen LogP contribution is -2.05. The van der Waals surface area contributed by atoms with Crippen LogP contribution in [0, 0.1) is 0 Å². The minimum Gasteiger partial charge on any atom is -0.0837 e. The molecule has 0 nitrogen and oxygen atoms in total. The van der Waals surface area contributed by atoms with Crippen LogP contribution in [0.4, 0.5) is 0 Å². The van der Waals surface area contributed by atoms with Crippen LogP contribution in [-0.4, -0.2) is 7.85 Å². The number of benzene rings is 5. The third-order valence-electron chi connectivity index (χ3n) is 5.75.